The first-order chi connectivity index (χ1) is 8.65. The quantitative estimate of drug-likeness (QED) is 0.831. The largest absolute Gasteiger partial charge is 0.394 e. The minimum absolute atomic E-state index is 0.125. The van der Waals surface area contributed by atoms with E-state index >= 15 is 0 Å². The molecule has 1 atom stereocenters. The second kappa shape index (κ2) is 5.83. The van der Waals surface area contributed by atoms with Gasteiger partial charge >= 0.3 is 0 Å². The van der Waals surface area contributed by atoms with Gasteiger partial charge in [-0.2, -0.15) is 0 Å². The maximum absolute atomic E-state index is 9.70. The van der Waals surface area contributed by atoms with Crippen LogP contribution < -0.4 is 5.32 Å². The Morgan fingerprint density at radius 2 is 2.06 bits per heavy atom. The van der Waals surface area contributed by atoms with E-state index in [-0.39, 0.29) is 12.1 Å². The molecule has 3 nitrogen and oxygen atoms in total. The molecule has 0 aliphatic carbocycles. The zero-order valence-corrected chi connectivity index (χ0v) is 11.4. The van der Waals surface area contributed by atoms with E-state index in [2.05, 4.69) is 48.3 Å². The van der Waals surface area contributed by atoms with Gasteiger partial charge in [-0.3, -0.25) is 4.90 Å². The fraction of sp³-hybridized carbons (Fsp3) is 0.600. The molecule has 1 unspecified atom stereocenters. The van der Waals surface area contributed by atoms with Crippen LogP contribution in [0.1, 0.15) is 25.8 Å². The Bertz CT molecular complexity index is 366. The van der Waals surface area contributed by atoms with Crippen molar-refractivity contribution in [3.05, 3.63) is 35.9 Å². The Morgan fingerprint density at radius 3 is 2.61 bits per heavy atom. The third-order valence-electron chi connectivity index (χ3n) is 3.93. The van der Waals surface area contributed by atoms with Crippen molar-refractivity contribution in [2.75, 3.05) is 19.7 Å². The summed E-state index contributed by atoms with van der Waals surface area (Å²) in [6.45, 7) is 7.47. The van der Waals surface area contributed by atoms with Gasteiger partial charge in [0.2, 0.25) is 0 Å². The van der Waals surface area contributed by atoms with Crippen molar-refractivity contribution in [2.45, 2.75) is 38.4 Å². The molecular weight excluding hydrogens is 224 g/mol. The van der Waals surface area contributed by atoms with Gasteiger partial charge in [0.25, 0.3) is 0 Å². The summed E-state index contributed by atoms with van der Waals surface area (Å²) in [7, 11) is 0. The van der Waals surface area contributed by atoms with Crippen molar-refractivity contribution in [3.8, 4) is 0 Å². The third kappa shape index (κ3) is 3.10. The molecule has 1 saturated heterocycles. The molecule has 1 fully saturated rings. The van der Waals surface area contributed by atoms with Crippen LogP contribution in [0.15, 0.2) is 30.3 Å². The molecular formula is C15H24N2O. The van der Waals surface area contributed by atoms with Crippen LogP contribution in [-0.4, -0.2) is 41.3 Å². The summed E-state index contributed by atoms with van der Waals surface area (Å²) in [5.74, 6) is 0. The molecule has 18 heavy (non-hydrogen) atoms. The monoisotopic (exact) mass is 248 g/mol. The molecule has 0 saturated carbocycles. The molecule has 3 heteroatoms. The van der Waals surface area contributed by atoms with E-state index in [1.807, 2.05) is 6.07 Å². The number of aliphatic hydroxyl groups is 1. The molecule has 0 radical (unpaired) electrons. The highest BCUT2D eigenvalue weighted by atomic mass is 16.3. The second-order valence-corrected chi connectivity index (χ2v) is 5.59. The third-order valence-corrected chi connectivity index (χ3v) is 3.93. The predicted octanol–water partition coefficient (Wildman–Crippen LogP) is 1.62. The highest BCUT2D eigenvalue weighted by Crippen LogP contribution is 2.23. The van der Waals surface area contributed by atoms with E-state index in [1.165, 1.54) is 5.56 Å². The first-order valence-electron chi connectivity index (χ1n) is 6.79. The van der Waals surface area contributed by atoms with Crippen LogP contribution >= 0.6 is 0 Å². The van der Waals surface area contributed by atoms with Crippen LogP contribution in [0.25, 0.3) is 0 Å². The van der Waals surface area contributed by atoms with Crippen molar-refractivity contribution in [3.63, 3.8) is 0 Å². The minimum atomic E-state index is -0.125. The summed E-state index contributed by atoms with van der Waals surface area (Å²) in [5, 5.41) is 13.3. The van der Waals surface area contributed by atoms with E-state index in [1.54, 1.807) is 0 Å². The van der Waals surface area contributed by atoms with Gasteiger partial charge in [-0.05, 0) is 25.8 Å². The van der Waals surface area contributed by atoms with Crippen molar-refractivity contribution in [1.82, 2.24) is 10.2 Å². The van der Waals surface area contributed by atoms with Gasteiger partial charge in [0.05, 0.1) is 12.1 Å². The molecule has 1 aromatic carbocycles. The molecule has 100 valence electrons. The first-order valence-corrected chi connectivity index (χ1v) is 6.79. The van der Waals surface area contributed by atoms with Crippen molar-refractivity contribution in [2.24, 2.45) is 0 Å². The van der Waals surface area contributed by atoms with Crippen LogP contribution in [0, 0.1) is 0 Å². The maximum atomic E-state index is 9.70. The normalized spacial score (nSPS) is 24.9. The Balaban J connectivity index is 1.94. The summed E-state index contributed by atoms with van der Waals surface area (Å²) in [4.78, 5) is 2.42. The lowest BCUT2D eigenvalue weighted by atomic mass is 9.99. The minimum Gasteiger partial charge on any atom is -0.394 e. The molecule has 1 aromatic rings. The van der Waals surface area contributed by atoms with Gasteiger partial charge in [-0.1, -0.05) is 30.3 Å². The number of likely N-dealkylation sites (tertiary alicyclic amines) is 1. The van der Waals surface area contributed by atoms with Gasteiger partial charge in [-0.25, -0.2) is 0 Å². The lowest BCUT2D eigenvalue weighted by Gasteiger charge is -2.30. The smallest absolute Gasteiger partial charge is 0.0626 e. The summed E-state index contributed by atoms with van der Waals surface area (Å²) in [6.07, 6.45) is 1.02. The molecule has 2 rings (SSSR count). The summed E-state index contributed by atoms with van der Waals surface area (Å²) in [5.41, 5.74) is 1.15. The predicted molar refractivity (Wildman–Crippen MR) is 74.4 cm³/mol. The average Bonchev–Trinajstić information content (AvgIpc) is 2.83. The van der Waals surface area contributed by atoms with Crippen LogP contribution in [0.5, 0.6) is 0 Å². The molecule has 1 heterocycles. The molecule has 1 aliphatic rings. The number of aliphatic hydroxyl groups excluding tert-OH is 1. The van der Waals surface area contributed by atoms with Crippen molar-refractivity contribution < 1.29 is 5.11 Å². The Morgan fingerprint density at radius 1 is 1.33 bits per heavy atom. The number of nitrogens with zero attached hydrogens (tertiary/aromatic N) is 1. The highest BCUT2D eigenvalue weighted by Gasteiger charge is 2.37. The zero-order chi connectivity index (χ0) is 13.0. The number of hydrogen-bond donors (Lipinski definition) is 2. The number of hydrogen-bond acceptors (Lipinski definition) is 3. The Labute approximate surface area is 110 Å². The first kappa shape index (κ1) is 13.5. The number of nitrogens with one attached hydrogen (secondary N) is 1. The standard InChI is InChI=1S/C15H24N2O/c1-13(2)17-9-8-15(11-17,12-18)16-10-14-6-4-3-5-7-14/h3-7,13,16,18H,8-12H2,1-2H3. The van der Waals surface area contributed by atoms with E-state index in [9.17, 15) is 5.11 Å². The molecule has 0 amide bonds. The van der Waals surface area contributed by atoms with Crippen LogP contribution in [0.2, 0.25) is 0 Å². The van der Waals surface area contributed by atoms with E-state index < -0.39 is 0 Å². The topological polar surface area (TPSA) is 35.5 Å². The van der Waals surface area contributed by atoms with Gasteiger partial charge in [0.1, 0.15) is 0 Å². The van der Waals surface area contributed by atoms with E-state index in [4.69, 9.17) is 0 Å². The van der Waals surface area contributed by atoms with Crippen molar-refractivity contribution >= 4 is 0 Å². The lowest BCUT2D eigenvalue weighted by Crippen LogP contribution is -2.50. The summed E-state index contributed by atoms with van der Waals surface area (Å²) >= 11 is 0. The van der Waals surface area contributed by atoms with Gasteiger partial charge in [0, 0.05) is 25.7 Å². The molecule has 2 N–H and O–H groups in total. The fourth-order valence-electron chi connectivity index (χ4n) is 2.56. The Kier molecular flexibility index (Phi) is 4.38. The number of rotatable bonds is 5. The van der Waals surface area contributed by atoms with Gasteiger partial charge < -0.3 is 10.4 Å². The Hall–Kier alpha value is -0.900. The maximum Gasteiger partial charge on any atom is 0.0626 e. The van der Waals surface area contributed by atoms with Gasteiger partial charge in [-0.15, -0.1) is 0 Å². The van der Waals surface area contributed by atoms with Crippen LogP contribution in [0.3, 0.4) is 0 Å². The summed E-state index contributed by atoms with van der Waals surface area (Å²) in [6, 6.07) is 10.9. The van der Waals surface area contributed by atoms with Crippen molar-refractivity contribution in [1.29, 1.82) is 0 Å². The molecule has 1 aliphatic heterocycles. The van der Waals surface area contributed by atoms with E-state index in [0.29, 0.717) is 6.04 Å². The van der Waals surface area contributed by atoms with Crippen LogP contribution in [-0.2, 0) is 6.54 Å². The SMILES string of the molecule is CC(C)N1CCC(CO)(NCc2ccccc2)C1. The lowest BCUT2D eigenvalue weighted by molar-refractivity contribution is 0.152. The van der Waals surface area contributed by atoms with Gasteiger partial charge in [0.15, 0.2) is 0 Å². The molecule has 0 aromatic heterocycles. The molecule has 0 bridgehead atoms. The number of benzene rings is 1. The fourth-order valence-corrected chi connectivity index (χ4v) is 2.56. The average molecular weight is 248 g/mol. The van der Waals surface area contributed by atoms with Crippen LogP contribution in [0.4, 0.5) is 0 Å². The second-order valence-electron chi connectivity index (χ2n) is 5.59. The van der Waals surface area contributed by atoms with E-state index in [0.717, 1.165) is 26.1 Å². The zero-order valence-electron chi connectivity index (χ0n) is 11.4. The highest BCUT2D eigenvalue weighted by molar-refractivity contribution is 5.15. The summed E-state index contributed by atoms with van der Waals surface area (Å²) < 4.78 is 0. The molecule has 0 spiro atoms.